The molecule has 0 amide bonds. The summed E-state index contributed by atoms with van der Waals surface area (Å²) in [5, 5.41) is 4.98. The maximum atomic E-state index is 5.33. The molecular weight excluding hydrogens is 645 g/mol. The maximum Gasteiger partial charge on any atom is 0.160 e. The number of benzene rings is 7. The quantitative estimate of drug-likeness (QED) is 0.186. The van der Waals surface area contributed by atoms with E-state index in [2.05, 4.69) is 193 Å². The number of aromatic nitrogens is 4. The zero-order valence-electron chi connectivity index (χ0n) is 29.5. The van der Waals surface area contributed by atoms with Gasteiger partial charge in [-0.15, -0.1) is 0 Å². The summed E-state index contributed by atoms with van der Waals surface area (Å²) in [7, 11) is 0. The zero-order chi connectivity index (χ0) is 35.3. The van der Waals surface area contributed by atoms with Crippen molar-refractivity contribution in [1.82, 2.24) is 19.1 Å². The largest absolute Gasteiger partial charge is 0.309 e. The number of para-hydroxylation sites is 3. The highest BCUT2D eigenvalue weighted by Crippen LogP contribution is 2.51. The van der Waals surface area contributed by atoms with Gasteiger partial charge in [0.1, 0.15) is 0 Å². The van der Waals surface area contributed by atoms with Crippen LogP contribution in [0.5, 0.6) is 0 Å². The van der Waals surface area contributed by atoms with Gasteiger partial charge in [-0.05, 0) is 60.2 Å². The molecule has 0 saturated heterocycles. The van der Waals surface area contributed by atoms with Crippen LogP contribution in [0.15, 0.2) is 170 Å². The third-order valence-electron chi connectivity index (χ3n) is 11.3. The van der Waals surface area contributed by atoms with Crippen molar-refractivity contribution in [2.75, 3.05) is 0 Å². The Bertz CT molecular complexity index is 3060. The van der Waals surface area contributed by atoms with Gasteiger partial charge in [-0.25, -0.2) is 9.97 Å². The summed E-state index contributed by atoms with van der Waals surface area (Å²) < 4.78 is 4.83. The first kappa shape index (κ1) is 29.9. The maximum absolute atomic E-state index is 5.33. The minimum atomic E-state index is -0.215. The molecule has 7 aromatic carbocycles. The normalized spacial score (nSPS) is 13.2. The third kappa shape index (κ3) is 4.24. The van der Waals surface area contributed by atoms with Crippen LogP contribution in [-0.2, 0) is 5.41 Å². The first-order valence-electron chi connectivity index (χ1n) is 18.3. The van der Waals surface area contributed by atoms with Crippen LogP contribution in [0.25, 0.3) is 88.9 Å². The van der Waals surface area contributed by atoms with Gasteiger partial charge in [-0.3, -0.25) is 0 Å². The van der Waals surface area contributed by atoms with E-state index < -0.39 is 0 Å². The summed E-state index contributed by atoms with van der Waals surface area (Å²) >= 11 is 0. The Balaban J connectivity index is 1.12. The summed E-state index contributed by atoms with van der Waals surface area (Å²) in [4.78, 5) is 10.6. The van der Waals surface area contributed by atoms with E-state index in [1.54, 1.807) is 0 Å². The minimum Gasteiger partial charge on any atom is -0.309 e. The first-order chi connectivity index (χ1) is 26.1. The monoisotopic (exact) mass is 678 g/mol. The van der Waals surface area contributed by atoms with Gasteiger partial charge < -0.3 is 9.13 Å². The molecular formula is C49H34N4. The molecule has 4 heteroatoms. The van der Waals surface area contributed by atoms with Crippen LogP contribution in [0.4, 0.5) is 0 Å². The van der Waals surface area contributed by atoms with Crippen molar-refractivity contribution in [3.63, 3.8) is 0 Å². The molecule has 53 heavy (non-hydrogen) atoms. The molecule has 0 radical (unpaired) electrons. The van der Waals surface area contributed by atoms with Crippen LogP contribution in [0.1, 0.15) is 25.0 Å². The lowest BCUT2D eigenvalue weighted by Crippen LogP contribution is -2.17. The molecule has 0 atom stereocenters. The molecule has 10 aromatic rings. The molecule has 11 rings (SSSR count). The van der Waals surface area contributed by atoms with Crippen molar-refractivity contribution in [2.24, 2.45) is 0 Å². The second-order valence-electron chi connectivity index (χ2n) is 14.6. The van der Waals surface area contributed by atoms with Crippen molar-refractivity contribution in [2.45, 2.75) is 19.3 Å². The molecule has 250 valence electrons. The Morgan fingerprint density at radius 2 is 1.04 bits per heavy atom. The number of rotatable bonds is 4. The molecule has 4 nitrogen and oxygen atoms in total. The first-order valence-corrected chi connectivity index (χ1v) is 18.3. The SMILES string of the molecule is CC1(C)c2ccccc2-c2nc(-c3ccc(-n4c5ccccc5c5c4ccc4c6ccccc6n(-c6ccccc6)c45)cc3)nc(-c3ccccc3)c21. The third-order valence-corrected chi connectivity index (χ3v) is 11.3. The molecule has 0 unspecified atom stereocenters. The molecule has 1 aliphatic carbocycles. The van der Waals surface area contributed by atoms with Crippen LogP contribution in [0.2, 0.25) is 0 Å². The highest BCUT2D eigenvalue weighted by Gasteiger charge is 2.40. The van der Waals surface area contributed by atoms with Crippen molar-refractivity contribution in [3.05, 3.63) is 181 Å². The number of hydrogen-bond donors (Lipinski definition) is 0. The van der Waals surface area contributed by atoms with Gasteiger partial charge in [0.05, 0.1) is 33.5 Å². The van der Waals surface area contributed by atoms with Crippen LogP contribution in [-0.4, -0.2) is 19.1 Å². The van der Waals surface area contributed by atoms with Gasteiger partial charge in [-0.2, -0.15) is 0 Å². The van der Waals surface area contributed by atoms with E-state index in [1.165, 1.54) is 60.3 Å². The summed E-state index contributed by atoms with van der Waals surface area (Å²) in [5.74, 6) is 0.734. The van der Waals surface area contributed by atoms with Crippen LogP contribution in [0.3, 0.4) is 0 Å². The van der Waals surface area contributed by atoms with Gasteiger partial charge >= 0.3 is 0 Å². The molecule has 0 N–H and O–H groups in total. The molecule has 0 spiro atoms. The Morgan fingerprint density at radius 3 is 1.81 bits per heavy atom. The Kier molecular flexibility index (Phi) is 6.27. The molecule has 0 bridgehead atoms. The Labute approximate surface area is 307 Å². The van der Waals surface area contributed by atoms with Gasteiger partial charge in [0.15, 0.2) is 5.82 Å². The van der Waals surface area contributed by atoms with E-state index in [0.29, 0.717) is 0 Å². The van der Waals surface area contributed by atoms with Crippen molar-refractivity contribution >= 4 is 43.6 Å². The summed E-state index contributed by atoms with van der Waals surface area (Å²) in [6, 6.07) is 60.9. The zero-order valence-corrected chi connectivity index (χ0v) is 29.5. The average molecular weight is 679 g/mol. The number of hydrogen-bond acceptors (Lipinski definition) is 2. The summed E-state index contributed by atoms with van der Waals surface area (Å²) in [6.07, 6.45) is 0. The molecule has 0 saturated carbocycles. The van der Waals surface area contributed by atoms with E-state index in [-0.39, 0.29) is 5.41 Å². The predicted octanol–water partition coefficient (Wildman–Crippen LogP) is 12.3. The summed E-state index contributed by atoms with van der Waals surface area (Å²) in [6.45, 7) is 4.58. The van der Waals surface area contributed by atoms with Crippen molar-refractivity contribution in [3.8, 4) is 45.3 Å². The molecule has 3 heterocycles. The fourth-order valence-corrected chi connectivity index (χ4v) is 8.94. The lowest BCUT2D eigenvalue weighted by Gasteiger charge is -2.23. The lowest BCUT2D eigenvalue weighted by atomic mass is 9.81. The second kappa shape index (κ2) is 11.1. The van der Waals surface area contributed by atoms with E-state index in [9.17, 15) is 0 Å². The number of nitrogens with zero attached hydrogens (tertiary/aromatic N) is 4. The Hall–Kier alpha value is -6.78. The number of fused-ring (bicyclic) bond motifs is 10. The Morgan fingerprint density at radius 1 is 0.434 bits per heavy atom. The molecule has 0 aliphatic heterocycles. The van der Waals surface area contributed by atoms with E-state index in [0.717, 1.165) is 39.7 Å². The second-order valence-corrected chi connectivity index (χ2v) is 14.6. The molecule has 1 aliphatic rings. The van der Waals surface area contributed by atoms with Crippen molar-refractivity contribution in [1.29, 1.82) is 0 Å². The standard InChI is InChI=1S/C49H34N4/c1-49(2)39-22-12-9-20-37(39)46-44(49)45(31-15-5-3-6-16-31)50-48(51-46)32-25-27-34(28-26-32)52-41-24-14-11-21-38(41)43-42(52)30-29-36-35-19-10-13-23-40(35)53(47(36)43)33-17-7-4-8-18-33/h3-30H,1-2H3. The molecule has 3 aromatic heterocycles. The van der Waals surface area contributed by atoms with Gasteiger partial charge in [-0.1, -0.05) is 129 Å². The van der Waals surface area contributed by atoms with Gasteiger partial charge in [0.2, 0.25) is 0 Å². The predicted molar refractivity (Wildman–Crippen MR) is 219 cm³/mol. The van der Waals surface area contributed by atoms with E-state index >= 15 is 0 Å². The summed E-state index contributed by atoms with van der Waals surface area (Å²) in [5.41, 5.74) is 14.6. The highest BCUT2D eigenvalue weighted by molar-refractivity contribution is 6.26. The van der Waals surface area contributed by atoms with Crippen LogP contribution in [0, 0.1) is 0 Å². The van der Waals surface area contributed by atoms with Crippen molar-refractivity contribution < 1.29 is 0 Å². The topological polar surface area (TPSA) is 35.6 Å². The average Bonchev–Trinajstić information content (AvgIpc) is 3.82. The van der Waals surface area contributed by atoms with Crippen LogP contribution >= 0.6 is 0 Å². The lowest BCUT2D eigenvalue weighted by molar-refractivity contribution is 0.658. The van der Waals surface area contributed by atoms with E-state index in [1.807, 2.05) is 0 Å². The smallest absolute Gasteiger partial charge is 0.160 e. The fourth-order valence-electron chi connectivity index (χ4n) is 8.94. The van der Waals surface area contributed by atoms with Gasteiger partial charge in [0.25, 0.3) is 0 Å². The fraction of sp³-hybridized carbons (Fsp3) is 0.0612. The van der Waals surface area contributed by atoms with Crippen LogP contribution < -0.4 is 0 Å². The highest BCUT2D eigenvalue weighted by atomic mass is 15.0. The van der Waals surface area contributed by atoms with Gasteiger partial charge in [0, 0.05) is 60.6 Å². The van der Waals surface area contributed by atoms with E-state index in [4.69, 9.17) is 9.97 Å². The molecule has 0 fully saturated rings. The minimum absolute atomic E-state index is 0.215.